The van der Waals surface area contributed by atoms with E-state index in [4.69, 9.17) is 4.98 Å². The molecule has 1 spiro atoms. The number of aliphatic hydroxyl groups is 1. The Morgan fingerprint density at radius 3 is 2.50 bits per heavy atom. The molecule has 0 unspecified atom stereocenters. The molecule has 1 saturated carbocycles. The summed E-state index contributed by atoms with van der Waals surface area (Å²) in [5.41, 5.74) is 1.79. The van der Waals surface area contributed by atoms with Crippen LogP contribution in [-0.2, 0) is 13.0 Å². The SMILES string of the molecule is CCCc1nc(N2CCC3(CCCC3)CC2)sc1CO. The third kappa shape index (κ3) is 2.73. The Morgan fingerprint density at radius 2 is 1.90 bits per heavy atom. The minimum absolute atomic E-state index is 0.144. The van der Waals surface area contributed by atoms with Crippen LogP contribution in [0.2, 0.25) is 0 Å². The van der Waals surface area contributed by atoms with Gasteiger partial charge in [0.2, 0.25) is 0 Å². The van der Waals surface area contributed by atoms with Crippen LogP contribution in [-0.4, -0.2) is 23.2 Å². The molecule has 0 amide bonds. The van der Waals surface area contributed by atoms with Crippen molar-refractivity contribution in [2.24, 2.45) is 5.41 Å². The molecular weight excluding hydrogens is 268 g/mol. The minimum atomic E-state index is 0.144. The second-order valence-electron chi connectivity index (χ2n) is 6.47. The van der Waals surface area contributed by atoms with E-state index in [0.717, 1.165) is 41.6 Å². The number of piperidine rings is 1. The van der Waals surface area contributed by atoms with E-state index >= 15 is 0 Å². The second-order valence-corrected chi connectivity index (χ2v) is 7.53. The van der Waals surface area contributed by atoms with Crippen LogP contribution in [0.15, 0.2) is 0 Å². The summed E-state index contributed by atoms with van der Waals surface area (Å²) in [6, 6.07) is 0. The maximum absolute atomic E-state index is 9.48. The molecule has 2 fully saturated rings. The van der Waals surface area contributed by atoms with E-state index in [9.17, 15) is 5.11 Å². The summed E-state index contributed by atoms with van der Waals surface area (Å²) in [7, 11) is 0. The lowest BCUT2D eigenvalue weighted by Crippen LogP contribution is -2.38. The van der Waals surface area contributed by atoms with E-state index in [1.807, 2.05) is 0 Å². The molecule has 0 bridgehead atoms. The third-order valence-corrected chi connectivity index (χ3v) is 6.30. The smallest absolute Gasteiger partial charge is 0.185 e. The first kappa shape index (κ1) is 14.3. The number of aryl methyl sites for hydroxylation is 1. The lowest BCUT2D eigenvalue weighted by atomic mass is 9.77. The molecule has 1 aromatic rings. The number of rotatable bonds is 4. The van der Waals surface area contributed by atoms with Crippen molar-refractivity contribution in [1.82, 2.24) is 4.98 Å². The predicted octanol–water partition coefficient (Wildman–Crippen LogP) is 3.75. The van der Waals surface area contributed by atoms with Crippen LogP contribution in [0.1, 0.15) is 62.4 Å². The molecule has 20 heavy (non-hydrogen) atoms. The average Bonchev–Trinajstić information content (AvgIpc) is 3.08. The van der Waals surface area contributed by atoms with Crippen molar-refractivity contribution in [3.63, 3.8) is 0 Å². The normalized spacial score (nSPS) is 21.8. The van der Waals surface area contributed by atoms with Crippen LogP contribution >= 0.6 is 11.3 Å². The van der Waals surface area contributed by atoms with Crippen molar-refractivity contribution in [3.05, 3.63) is 10.6 Å². The van der Waals surface area contributed by atoms with E-state index < -0.39 is 0 Å². The van der Waals surface area contributed by atoms with Crippen LogP contribution in [0.3, 0.4) is 0 Å². The van der Waals surface area contributed by atoms with E-state index in [2.05, 4.69) is 11.8 Å². The molecule has 2 aliphatic rings. The molecule has 4 heteroatoms. The number of thiazole rings is 1. The Labute approximate surface area is 126 Å². The van der Waals surface area contributed by atoms with Crippen LogP contribution in [0.25, 0.3) is 0 Å². The molecule has 1 aliphatic carbocycles. The van der Waals surface area contributed by atoms with Crippen molar-refractivity contribution < 1.29 is 5.11 Å². The van der Waals surface area contributed by atoms with Gasteiger partial charge in [-0.05, 0) is 37.5 Å². The fourth-order valence-corrected chi connectivity index (χ4v) is 4.88. The Hall–Kier alpha value is -0.610. The third-order valence-electron chi connectivity index (χ3n) is 5.16. The summed E-state index contributed by atoms with van der Waals surface area (Å²) < 4.78 is 0. The van der Waals surface area contributed by atoms with Crippen molar-refractivity contribution in [2.75, 3.05) is 18.0 Å². The zero-order chi connectivity index (χ0) is 14.0. The topological polar surface area (TPSA) is 36.4 Å². The maximum atomic E-state index is 9.48. The second kappa shape index (κ2) is 6.02. The van der Waals surface area contributed by atoms with Crippen molar-refractivity contribution in [3.8, 4) is 0 Å². The fraction of sp³-hybridized carbons (Fsp3) is 0.812. The van der Waals surface area contributed by atoms with E-state index in [1.165, 1.54) is 38.5 Å². The summed E-state index contributed by atoms with van der Waals surface area (Å²) >= 11 is 1.70. The number of anilines is 1. The molecule has 0 radical (unpaired) electrons. The van der Waals surface area contributed by atoms with Gasteiger partial charge in [0.25, 0.3) is 0 Å². The fourth-order valence-electron chi connectivity index (χ4n) is 3.86. The standard InChI is InChI=1S/C16H26N2OS/c1-2-5-13-14(12-19)20-15(17-13)18-10-8-16(9-11-18)6-3-4-7-16/h19H,2-12H2,1H3. The van der Waals surface area contributed by atoms with Gasteiger partial charge in [0, 0.05) is 13.1 Å². The Morgan fingerprint density at radius 1 is 1.20 bits per heavy atom. The van der Waals surface area contributed by atoms with Gasteiger partial charge < -0.3 is 10.0 Å². The van der Waals surface area contributed by atoms with Gasteiger partial charge in [0.15, 0.2) is 5.13 Å². The lowest BCUT2D eigenvalue weighted by molar-refractivity contribution is 0.226. The van der Waals surface area contributed by atoms with Gasteiger partial charge in [-0.15, -0.1) is 0 Å². The molecular formula is C16H26N2OS. The molecule has 3 rings (SSSR count). The highest BCUT2D eigenvalue weighted by molar-refractivity contribution is 7.15. The van der Waals surface area contributed by atoms with Gasteiger partial charge in [-0.25, -0.2) is 4.98 Å². The molecule has 3 nitrogen and oxygen atoms in total. The largest absolute Gasteiger partial charge is 0.391 e. The molecule has 112 valence electrons. The maximum Gasteiger partial charge on any atom is 0.185 e. The van der Waals surface area contributed by atoms with Crippen molar-refractivity contribution >= 4 is 16.5 Å². The summed E-state index contributed by atoms with van der Waals surface area (Å²) in [5.74, 6) is 0. The summed E-state index contributed by atoms with van der Waals surface area (Å²) in [6.07, 6.45) is 10.5. The van der Waals surface area contributed by atoms with Gasteiger partial charge in [0.1, 0.15) is 0 Å². The summed E-state index contributed by atoms with van der Waals surface area (Å²) in [4.78, 5) is 8.32. The Kier molecular flexibility index (Phi) is 4.32. The highest BCUT2D eigenvalue weighted by atomic mass is 32.1. The van der Waals surface area contributed by atoms with Crippen LogP contribution in [0, 0.1) is 5.41 Å². The number of nitrogens with zero attached hydrogens (tertiary/aromatic N) is 2. The van der Waals surface area contributed by atoms with Gasteiger partial charge >= 0.3 is 0 Å². The predicted molar refractivity (Wildman–Crippen MR) is 84.4 cm³/mol. The molecule has 1 N–H and O–H groups in total. The van der Waals surface area contributed by atoms with Crippen LogP contribution in [0.4, 0.5) is 5.13 Å². The zero-order valence-corrected chi connectivity index (χ0v) is 13.3. The highest BCUT2D eigenvalue weighted by Crippen LogP contribution is 2.47. The first-order valence-electron chi connectivity index (χ1n) is 8.11. The quantitative estimate of drug-likeness (QED) is 0.919. The van der Waals surface area contributed by atoms with Gasteiger partial charge in [-0.3, -0.25) is 0 Å². The average molecular weight is 294 g/mol. The highest BCUT2D eigenvalue weighted by Gasteiger charge is 2.37. The zero-order valence-electron chi connectivity index (χ0n) is 12.5. The van der Waals surface area contributed by atoms with Crippen LogP contribution < -0.4 is 4.90 Å². The number of aliphatic hydroxyl groups excluding tert-OH is 1. The van der Waals surface area contributed by atoms with Gasteiger partial charge in [0.05, 0.1) is 17.2 Å². The van der Waals surface area contributed by atoms with Crippen molar-refractivity contribution in [2.45, 2.75) is 64.9 Å². The van der Waals surface area contributed by atoms with E-state index in [-0.39, 0.29) is 6.61 Å². The first-order chi connectivity index (χ1) is 9.76. The molecule has 0 aromatic carbocycles. The van der Waals surface area contributed by atoms with Gasteiger partial charge in [-0.1, -0.05) is 37.5 Å². The molecule has 1 aromatic heterocycles. The van der Waals surface area contributed by atoms with E-state index in [1.54, 1.807) is 11.3 Å². The van der Waals surface area contributed by atoms with Gasteiger partial charge in [-0.2, -0.15) is 0 Å². The van der Waals surface area contributed by atoms with Crippen molar-refractivity contribution in [1.29, 1.82) is 0 Å². The monoisotopic (exact) mass is 294 g/mol. The Balaban J connectivity index is 1.68. The number of hydrogen-bond acceptors (Lipinski definition) is 4. The van der Waals surface area contributed by atoms with E-state index in [0.29, 0.717) is 5.41 Å². The van der Waals surface area contributed by atoms with Crippen LogP contribution in [0.5, 0.6) is 0 Å². The lowest BCUT2D eigenvalue weighted by Gasteiger charge is -2.39. The molecule has 0 atom stereocenters. The summed E-state index contributed by atoms with van der Waals surface area (Å²) in [5, 5.41) is 10.6. The molecule has 1 aliphatic heterocycles. The molecule has 2 heterocycles. The first-order valence-corrected chi connectivity index (χ1v) is 8.92. The summed E-state index contributed by atoms with van der Waals surface area (Å²) in [6.45, 7) is 4.63. The Bertz CT molecular complexity index is 441. The minimum Gasteiger partial charge on any atom is -0.391 e. The number of hydrogen-bond donors (Lipinski definition) is 1. The number of aromatic nitrogens is 1. The molecule has 1 saturated heterocycles.